The molecule has 1 unspecified atom stereocenters. The number of hydrogen-bond donors (Lipinski definition) is 3. The molecule has 1 atom stereocenters. The van der Waals surface area contributed by atoms with Crippen molar-refractivity contribution in [1.82, 2.24) is 5.32 Å². The van der Waals surface area contributed by atoms with Gasteiger partial charge in [-0.1, -0.05) is 38.1 Å². The molecule has 0 aliphatic heterocycles. The average molecular weight is 237 g/mol. The van der Waals surface area contributed by atoms with Crippen LogP contribution in [0.1, 0.15) is 43.9 Å². The van der Waals surface area contributed by atoms with Crippen molar-refractivity contribution in [2.45, 2.75) is 38.8 Å². The summed E-state index contributed by atoms with van der Waals surface area (Å²) in [5.41, 5.74) is 2.49. The second-order valence-corrected chi connectivity index (χ2v) is 4.77. The van der Waals surface area contributed by atoms with Crippen LogP contribution in [0.2, 0.25) is 0 Å². The Labute approximate surface area is 103 Å². The largest absolute Gasteiger partial charge is 0.395 e. The molecular formula is C14H23NO2. The highest BCUT2D eigenvalue weighted by Gasteiger charge is 2.11. The molecular weight excluding hydrogens is 214 g/mol. The predicted molar refractivity (Wildman–Crippen MR) is 70.0 cm³/mol. The van der Waals surface area contributed by atoms with E-state index in [1.54, 1.807) is 0 Å². The molecule has 1 aromatic carbocycles. The second-order valence-electron chi connectivity index (χ2n) is 4.77. The summed E-state index contributed by atoms with van der Waals surface area (Å²) in [6.07, 6.45) is 0. The molecule has 3 N–H and O–H groups in total. The van der Waals surface area contributed by atoms with Crippen molar-refractivity contribution < 1.29 is 10.2 Å². The Bertz CT molecular complexity index is 317. The Morgan fingerprint density at radius 2 is 1.41 bits per heavy atom. The number of hydrogen-bond acceptors (Lipinski definition) is 3. The number of benzene rings is 1. The summed E-state index contributed by atoms with van der Waals surface area (Å²) in [4.78, 5) is 0. The van der Waals surface area contributed by atoms with Crippen LogP contribution in [0.4, 0.5) is 0 Å². The van der Waals surface area contributed by atoms with Crippen LogP contribution >= 0.6 is 0 Å². The standard InChI is InChI=1S/C14H23NO2/c1-10(2)12-4-6-13(7-5-12)11(3)15-14(8-16)9-17/h4-7,10-11,14-17H,8-9H2,1-3H3. The molecule has 0 radical (unpaired) electrons. The molecule has 1 aromatic rings. The molecule has 96 valence electrons. The SMILES string of the molecule is CC(C)c1ccc(C(C)NC(CO)CO)cc1. The lowest BCUT2D eigenvalue weighted by Crippen LogP contribution is -2.37. The third-order valence-corrected chi connectivity index (χ3v) is 3.03. The van der Waals surface area contributed by atoms with Gasteiger partial charge < -0.3 is 15.5 Å². The zero-order chi connectivity index (χ0) is 12.8. The van der Waals surface area contributed by atoms with E-state index in [1.165, 1.54) is 11.1 Å². The Morgan fingerprint density at radius 3 is 1.82 bits per heavy atom. The van der Waals surface area contributed by atoms with E-state index in [-0.39, 0.29) is 25.3 Å². The first-order chi connectivity index (χ1) is 8.08. The van der Waals surface area contributed by atoms with E-state index >= 15 is 0 Å². The summed E-state index contributed by atoms with van der Waals surface area (Å²) in [5.74, 6) is 0.537. The van der Waals surface area contributed by atoms with Crippen LogP contribution < -0.4 is 5.32 Å². The number of aliphatic hydroxyl groups is 2. The lowest BCUT2D eigenvalue weighted by Gasteiger charge is -2.20. The van der Waals surface area contributed by atoms with Crippen LogP contribution in [-0.4, -0.2) is 29.5 Å². The fraction of sp³-hybridized carbons (Fsp3) is 0.571. The molecule has 0 bridgehead atoms. The summed E-state index contributed by atoms with van der Waals surface area (Å²) in [5, 5.41) is 21.2. The first-order valence-electron chi connectivity index (χ1n) is 6.16. The van der Waals surface area contributed by atoms with E-state index < -0.39 is 0 Å². The summed E-state index contributed by atoms with van der Waals surface area (Å²) < 4.78 is 0. The highest BCUT2D eigenvalue weighted by molar-refractivity contribution is 5.26. The minimum Gasteiger partial charge on any atom is -0.395 e. The van der Waals surface area contributed by atoms with Gasteiger partial charge in [-0.05, 0) is 24.0 Å². The van der Waals surface area contributed by atoms with Crippen LogP contribution in [0.15, 0.2) is 24.3 Å². The van der Waals surface area contributed by atoms with E-state index in [9.17, 15) is 0 Å². The maximum Gasteiger partial charge on any atom is 0.0607 e. The molecule has 0 aliphatic carbocycles. The molecule has 0 saturated carbocycles. The van der Waals surface area contributed by atoms with Crippen molar-refractivity contribution in [3.63, 3.8) is 0 Å². The molecule has 0 spiro atoms. The number of nitrogens with one attached hydrogen (secondary N) is 1. The van der Waals surface area contributed by atoms with E-state index in [0.29, 0.717) is 5.92 Å². The topological polar surface area (TPSA) is 52.5 Å². The van der Waals surface area contributed by atoms with E-state index in [0.717, 1.165) is 0 Å². The molecule has 1 rings (SSSR count). The maximum absolute atomic E-state index is 9.02. The zero-order valence-electron chi connectivity index (χ0n) is 10.9. The van der Waals surface area contributed by atoms with Crippen LogP contribution in [0.25, 0.3) is 0 Å². The second kappa shape index (κ2) is 6.74. The van der Waals surface area contributed by atoms with Gasteiger partial charge in [0.2, 0.25) is 0 Å². The Hall–Kier alpha value is -0.900. The number of aliphatic hydroxyl groups excluding tert-OH is 2. The molecule has 0 aromatic heterocycles. The third-order valence-electron chi connectivity index (χ3n) is 3.03. The van der Waals surface area contributed by atoms with Crippen molar-refractivity contribution in [2.24, 2.45) is 0 Å². The van der Waals surface area contributed by atoms with Crippen LogP contribution in [-0.2, 0) is 0 Å². The van der Waals surface area contributed by atoms with E-state index in [1.807, 2.05) is 6.92 Å². The zero-order valence-corrected chi connectivity index (χ0v) is 10.9. The highest BCUT2D eigenvalue weighted by Crippen LogP contribution is 2.18. The number of rotatable bonds is 6. The van der Waals surface area contributed by atoms with Crippen molar-refractivity contribution >= 4 is 0 Å². The Morgan fingerprint density at radius 1 is 0.941 bits per heavy atom. The normalized spacial score (nSPS) is 13.4. The van der Waals surface area contributed by atoms with Crippen LogP contribution in [0.5, 0.6) is 0 Å². The molecule has 17 heavy (non-hydrogen) atoms. The van der Waals surface area contributed by atoms with Crippen molar-refractivity contribution in [3.8, 4) is 0 Å². The third kappa shape index (κ3) is 4.11. The van der Waals surface area contributed by atoms with Crippen LogP contribution in [0, 0.1) is 0 Å². The van der Waals surface area contributed by atoms with Gasteiger partial charge >= 0.3 is 0 Å². The summed E-state index contributed by atoms with van der Waals surface area (Å²) in [6, 6.07) is 8.32. The molecule has 0 fully saturated rings. The van der Waals surface area contributed by atoms with Crippen molar-refractivity contribution in [2.75, 3.05) is 13.2 Å². The summed E-state index contributed by atoms with van der Waals surface area (Å²) in [7, 11) is 0. The quantitative estimate of drug-likeness (QED) is 0.707. The smallest absolute Gasteiger partial charge is 0.0607 e. The minimum absolute atomic E-state index is 0.0507. The highest BCUT2D eigenvalue weighted by atomic mass is 16.3. The lowest BCUT2D eigenvalue weighted by molar-refractivity contribution is 0.163. The fourth-order valence-corrected chi connectivity index (χ4v) is 1.78. The van der Waals surface area contributed by atoms with E-state index in [4.69, 9.17) is 10.2 Å². The first-order valence-corrected chi connectivity index (χ1v) is 6.16. The van der Waals surface area contributed by atoms with Gasteiger partial charge in [-0.3, -0.25) is 0 Å². The van der Waals surface area contributed by atoms with Gasteiger partial charge in [0, 0.05) is 6.04 Å². The van der Waals surface area contributed by atoms with Crippen LogP contribution in [0.3, 0.4) is 0 Å². The Kier molecular flexibility index (Phi) is 5.62. The van der Waals surface area contributed by atoms with Gasteiger partial charge in [-0.25, -0.2) is 0 Å². The van der Waals surface area contributed by atoms with Gasteiger partial charge in [0.15, 0.2) is 0 Å². The molecule has 3 heteroatoms. The molecule has 3 nitrogen and oxygen atoms in total. The predicted octanol–water partition coefficient (Wildman–Crippen LogP) is 1.81. The van der Waals surface area contributed by atoms with E-state index in [2.05, 4.69) is 43.4 Å². The van der Waals surface area contributed by atoms with Gasteiger partial charge in [0.1, 0.15) is 0 Å². The van der Waals surface area contributed by atoms with Crippen molar-refractivity contribution in [3.05, 3.63) is 35.4 Å². The minimum atomic E-state index is -0.255. The van der Waals surface area contributed by atoms with Gasteiger partial charge in [0.25, 0.3) is 0 Å². The maximum atomic E-state index is 9.02. The summed E-state index contributed by atoms with van der Waals surface area (Å²) >= 11 is 0. The average Bonchev–Trinajstić information content (AvgIpc) is 2.35. The van der Waals surface area contributed by atoms with Gasteiger partial charge in [0.05, 0.1) is 19.3 Å². The molecule has 0 saturated heterocycles. The Balaban J connectivity index is 2.66. The molecule has 0 aliphatic rings. The molecule has 0 heterocycles. The van der Waals surface area contributed by atoms with Crippen molar-refractivity contribution in [1.29, 1.82) is 0 Å². The van der Waals surface area contributed by atoms with Gasteiger partial charge in [-0.15, -0.1) is 0 Å². The fourth-order valence-electron chi connectivity index (χ4n) is 1.78. The summed E-state index contributed by atoms with van der Waals surface area (Å²) in [6.45, 7) is 6.27. The van der Waals surface area contributed by atoms with Gasteiger partial charge in [-0.2, -0.15) is 0 Å². The first kappa shape index (κ1) is 14.2. The lowest BCUT2D eigenvalue weighted by atomic mass is 9.99. The monoisotopic (exact) mass is 237 g/mol. The molecule has 0 amide bonds.